The summed E-state index contributed by atoms with van der Waals surface area (Å²) in [6.07, 6.45) is 4.57. The van der Waals surface area contributed by atoms with Gasteiger partial charge in [-0.05, 0) is 36.7 Å². The predicted octanol–water partition coefficient (Wildman–Crippen LogP) is 2.59. The maximum atomic E-state index is 12.4. The van der Waals surface area contributed by atoms with Crippen LogP contribution in [-0.4, -0.2) is 42.3 Å². The average molecular weight is 302 g/mol. The van der Waals surface area contributed by atoms with Gasteiger partial charge in [0.05, 0.1) is 0 Å². The van der Waals surface area contributed by atoms with E-state index in [-0.39, 0.29) is 18.6 Å². The van der Waals surface area contributed by atoms with Crippen LogP contribution in [0.4, 0.5) is 4.79 Å². The van der Waals surface area contributed by atoms with Crippen molar-refractivity contribution < 1.29 is 9.90 Å². The number of likely N-dealkylation sites (tertiary alicyclic amines) is 1. The molecule has 2 N–H and O–H groups in total. The van der Waals surface area contributed by atoms with Gasteiger partial charge in [0, 0.05) is 32.2 Å². The minimum Gasteiger partial charge on any atom is -0.396 e. The zero-order valence-corrected chi connectivity index (χ0v) is 13.1. The normalized spacial score (nSPS) is 25.0. The number of nitrogens with zero attached hydrogens (tertiary/aromatic N) is 1. The molecule has 2 aliphatic rings. The topological polar surface area (TPSA) is 52.6 Å². The first-order valence-electron chi connectivity index (χ1n) is 8.46. The summed E-state index contributed by atoms with van der Waals surface area (Å²) in [6, 6.07) is 10.2. The van der Waals surface area contributed by atoms with Crippen molar-refractivity contribution in [3.05, 3.63) is 35.9 Å². The van der Waals surface area contributed by atoms with Crippen LogP contribution < -0.4 is 5.32 Å². The molecule has 1 saturated heterocycles. The quantitative estimate of drug-likeness (QED) is 0.878. The van der Waals surface area contributed by atoms with Crippen molar-refractivity contribution in [3.8, 4) is 0 Å². The predicted molar refractivity (Wildman–Crippen MR) is 86.7 cm³/mol. The van der Waals surface area contributed by atoms with Gasteiger partial charge in [-0.15, -0.1) is 0 Å². The molecule has 22 heavy (non-hydrogen) atoms. The van der Waals surface area contributed by atoms with Crippen molar-refractivity contribution in [1.82, 2.24) is 10.2 Å². The van der Waals surface area contributed by atoms with E-state index in [1.807, 2.05) is 23.1 Å². The monoisotopic (exact) mass is 302 g/mol. The number of rotatable bonds is 5. The standard InChI is InChI=1S/C18H26N2O2/c21-10-9-15(14-5-2-1-3-6-14)11-19-18(22)20-12-16-7-4-8-17(16)13-20/h1-3,5-6,15-17,21H,4,7-13H2,(H,19,22). The molecule has 120 valence electrons. The number of urea groups is 1. The molecular weight excluding hydrogens is 276 g/mol. The van der Waals surface area contributed by atoms with Gasteiger partial charge in [-0.3, -0.25) is 0 Å². The van der Waals surface area contributed by atoms with E-state index in [0.29, 0.717) is 13.0 Å². The maximum Gasteiger partial charge on any atom is 0.317 e. The number of amides is 2. The lowest BCUT2D eigenvalue weighted by atomic mass is 9.96. The molecule has 1 aliphatic carbocycles. The van der Waals surface area contributed by atoms with E-state index in [0.717, 1.165) is 24.9 Å². The fourth-order valence-electron chi connectivity index (χ4n) is 3.99. The van der Waals surface area contributed by atoms with E-state index in [1.165, 1.54) is 24.8 Å². The summed E-state index contributed by atoms with van der Waals surface area (Å²) >= 11 is 0. The largest absolute Gasteiger partial charge is 0.396 e. The SMILES string of the molecule is O=C(NCC(CCO)c1ccccc1)N1CC2CCCC2C1. The van der Waals surface area contributed by atoms with Crippen molar-refractivity contribution in [3.63, 3.8) is 0 Å². The van der Waals surface area contributed by atoms with Crippen LogP contribution in [0, 0.1) is 11.8 Å². The van der Waals surface area contributed by atoms with Crippen LogP contribution in [0.1, 0.15) is 37.2 Å². The minimum absolute atomic E-state index is 0.0632. The molecule has 1 saturated carbocycles. The maximum absolute atomic E-state index is 12.4. The second-order valence-electron chi connectivity index (χ2n) is 6.66. The van der Waals surface area contributed by atoms with E-state index >= 15 is 0 Å². The molecule has 0 spiro atoms. The van der Waals surface area contributed by atoms with Crippen LogP contribution >= 0.6 is 0 Å². The highest BCUT2D eigenvalue weighted by atomic mass is 16.3. The van der Waals surface area contributed by atoms with E-state index in [1.54, 1.807) is 0 Å². The summed E-state index contributed by atoms with van der Waals surface area (Å²) in [5, 5.41) is 12.3. The Bertz CT molecular complexity index is 479. The van der Waals surface area contributed by atoms with Crippen LogP contribution in [-0.2, 0) is 0 Å². The van der Waals surface area contributed by atoms with Gasteiger partial charge in [0.2, 0.25) is 0 Å². The lowest BCUT2D eigenvalue weighted by Gasteiger charge is -2.21. The number of hydrogen-bond donors (Lipinski definition) is 2. The van der Waals surface area contributed by atoms with Crippen molar-refractivity contribution in [2.75, 3.05) is 26.2 Å². The molecule has 4 heteroatoms. The summed E-state index contributed by atoms with van der Waals surface area (Å²) < 4.78 is 0. The van der Waals surface area contributed by atoms with Gasteiger partial charge < -0.3 is 15.3 Å². The fraction of sp³-hybridized carbons (Fsp3) is 0.611. The van der Waals surface area contributed by atoms with Gasteiger partial charge in [0.15, 0.2) is 0 Å². The first-order chi connectivity index (χ1) is 10.8. The first kappa shape index (κ1) is 15.3. The molecule has 2 amide bonds. The zero-order chi connectivity index (χ0) is 15.4. The number of nitrogens with one attached hydrogen (secondary N) is 1. The molecule has 4 nitrogen and oxygen atoms in total. The van der Waals surface area contributed by atoms with Crippen LogP contribution in [0.15, 0.2) is 30.3 Å². The molecule has 1 aliphatic heterocycles. The highest BCUT2D eigenvalue weighted by molar-refractivity contribution is 5.74. The molecule has 3 rings (SSSR count). The van der Waals surface area contributed by atoms with Crippen LogP contribution in [0.25, 0.3) is 0 Å². The smallest absolute Gasteiger partial charge is 0.317 e. The molecule has 2 fully saturated rings. The Morgan fingerprint density at radius 1 is 1.23 bits per heavy atom. The Morgan fingerprint density at radius 3 is 2.55 bits per heavy atom. The second-order valence-corrected chi connectivity index (χ2v) is 6.66. The summed E-state index contributed by atoms with van der Waals surface area (Å²) in [6.45, 7) is 2.58. The van der Waals surface area contributed by atoms with E-state index in [4.69, 9.17) is 0 Å². The van der Waals surface area contributed by atoms with Crippen LogP contribution in [0.2, 0.25) is 0 Å². The van der Waals surface area contributed by atoms with Gasteiger partial charge in [0.1, 0.15) is 0 Å². The molecule has 3 atom stereocenters. The Labute approximate surface area is 132 Å². The van der Waals surface area contributed by atoms with Crippen molar-refractivity contribution in [2.45, 2.75) is 31.6 Å². The molecule has 1 aromatic carbocycles. The molecule has 3 unspecified atom stereocenters. The molecule has 0 aromatic heterocycles. The zero-order valence-electron chi connectivity index (χ0n) is 13.1. The van der Waals surface area contributed by atoms with Crippen molar-refractivity contribution in [1.29, 1.82) is 0 Å². The third kappa shape index (κ3) is 3.43. The summed E-state index contributed by atoms with van der Waals surface area (Å²) in [7, 11) is 0. The second kappa shape index (κ2) is 7.14. The molecule has 1 aromatic rings. The fourth-order valence-corrected chi connectivity index (χ4v) is 3.99. The number of fused-ring (bicyclic) bond motifs is 1. The molecular formula is C18H26N2O2. The lowest BCUT2D eigenvalue weighted by Crippen LogP contribution is -2.40. The minimum atomic E-state index is 0.0632. The van der Waals surface area contributed by atoms with E-state index in [9.17, 15) is 9.90 Å². The van der Waals surface area contributed by atoms with Gasteiger partial charge in [-0.25, -0.2) is 4.79 Å². The van der Waals surface area contributed by atoms with Crippen LogP contribution in [0.3, 0.4) is 0 Å². The van der Waals surface area contributed by atoms with Gasteiger partial charge in [0.25, 0.3) is 0 Å². The Balaban J connectivity index is 1.52. The van der Waals surface area contributed by atoms with Gasteiger partial charge in [-0.1, -0.05) is 36.8 Å². The van der Waals surface area contributed by atoms with E-state index < -0.39 is 0 Å². The first-order valence-corrected chi connectivity index (χ1v) is 8.46. The number of carbonyl (C=O) groups is 1. The number of aliphatic hydroxyl groups excluding tert-OH is 1. The number of benzene rings is 1. The average Bonchev–Trinajstić information content (AvgIpc) is 3.13. The third-order valence-electron chi connectivity index (χ3n) is 5.26. The van der Waals surface area contributed by atoms with Crippen molar-refractivity contribution in [2.24, 2.45) is 11.8 Å². The Morgan fingerprint density at radius 2 is 1.91 bits per heavy atom. The number of hydrogen-bond acceptors (Lipinski definition) is 2. The third-order valence-corrected chi connectivity index (χ3v) is 5.26. The highest BCUT2D eigenvalue weighted by Crippen LogP contribution is 2.37. The number of aliphatic hydroxyl groups is 1. The lowest BCUT2D eigenvalue weighted by molar-refractivity contribution is 0.203. The van der Waals surface area contributed by atoms with E-state index in [2.05, 4.69) is 17.4 Å². The van der Waals surface area contributed by atoms with Crippen molar-refractivity contribution >= 4 is 6.03 Å². The molecule has 0 radical (unpaired) electrons. The highest BCUT2D eigenvalue weighted by Gasteiger charge is 2.37. The number of carbonyl (C=O) groups excluding carboxylic acids is 1. The molecule has 1 heterocycles. The molecule has 0 bridgehead atoms. The Kier molecular flexibility index (Phi) is 4.98. The summed E-state index contributed by atoms with van der Waals surface area (Å²) in [5.41, 5.74) is 1.18. The van der Waals surface area contributed by atoms with Gasteiger partial charge >= 0.3 is 6.03 Å². The summed E-state index contributed by atoms with van der Waals surface area (Å²) in [5.74, 6) is 1.64. The summed E-state index contributed by atoms with van der Waals surface area (Å²) in [4.78, 5) is 14.4. The Hall–Kier alpha value is -1.55. The van der Waals surface area contributed by atoms with Crippen LogP contribution in [0.5, 0.6) is 0 Å². The van der Waals surface area contributed by atoms with Gasteiger partial charge in [-0.2, -0.15) is 0 Å².